The van der Waals surface area contributed by atoms with Crippen LogP contribution in [0.2, 0.25) is 0 Å². The Morgan fingerprint density at radius 3 is 2.53 bits per heavy atom. The van der Waals surface area contributed by atoms with Crippen LogP contribution in [0.1, 0.15) is 40.0 Å². The maximum Gasteiger partial charge on any atom is 0.215 e. The van der Waals surface area contributed by atoms with Gasteiger partial charge in [-0.3, -0.25) is 0 Å². The fraction of sp³-hybridized carbons (Fsp3) is 0.667. The minimum Gasteiger partial charge on any atom is -0.474 e. The molecule has 1 aromatic heterocycles. The molecule has 19 heavy (non-hydrogen) atoms. The number of hydrogen-bond acceptors (Lipinski definition) is 4. The number of nitrogens with zero attached hydrogens (tertiary/aromatic N) is 1. The number of nitrogens with two attached hydrogens (primary N) is 2. The molecule has 4 nitrogen and oxygen atoms in total. The molecule has 2 fully saturated rings. The predicted octanol–water partition coefficient (Wildman–Crippen LogP) is 2.84. The minimum atomic E-state index is 0.232. The largest absolute Gasteiger partial charge is 0.474 e. The number of ether oxygens (including phenoxy) is 1. The van der Waals surface area contributed by atoms with Crippen molar-refractivity contribution in [3.8, 4) is 5.88 Å². The van der Waals surface area contributed by atoms with E-state index in [0.717, 1.165) is 12.3 Å². The van der Waals surface area contributed by atoms with Crippen LogP contribution in [-0.4, -0.2) is 11.1 Å². The van der Waals surface area contributed by atoms with Crippen molar-refractivity contribution in [2.45, 2.75) is 46.1 Å². The predicted molar refractivity (Wildman–Crippen MR) is 76.7 cm³/mol. The fourth-order valence-electron chi connectivity index (χ4n) is 3.99. The van der Waals surface area contributed by atoms with Crippen molar-refractivity contribution in [1.82, 2.24) is 4.98 Å². The SMILES string of the molecule is CC1(C)C2CCC1(C)C(Oc1ccc(N)c(N)n1)C2. The van der Waals surface area contributed by atoms with E-state index in [2.05, 4.69) is 25.8 Å². The van der Waals surface area contributed by atoms with E-state index in [-0.39, 0.29) is 11.5 Å². The second-order valence-corrected chi connectivity index (χ2v) is 6.84. The zero-order chi connectivity index (χ0) is 13.8. The Morgan fingerprint density at radius 1 is 1.26 bits per heavy atom. The zero-order valence-corrected chi connectivity index (χ0v) is 11.9. The summed E-state index contributed by atoms with van der Waals surface area (Å²) < 4.78 is 6.14. The van der Waals surface area contributed by atoms with Gasteiger partial charge in [0.2, 0.25) is 5.88 Å². The molecule has 0 spiro atoms. The fourth-order valence-corrected chi connectivity index (χ4v) is 3.99. The standard InChI is InChI=1S/C15H23N3O/c1-14(2)9-6-7-15(14,3)11(8-9)19-12-5-4-10(16)13(17)18-12/h4-5,9,11H,6-8,16H2,1-3H3,(H2,17,18). The monoisotopic (exact) mass is 261 g/mol. The number of rotatable bonds is 2. The number of hydrogen-bond donors (Lipinski definition) is 2. The van der Waals surface area contributed by atoms with Crippen molar-refractivity contribution in [1.29, 1.82) is 0 Å². The molecule has 0 saturated heterocycles. The lowest BCUT2D eigenvalue weighted by Crippen LogP contribution is -2.39. The molecule has 2 aliphatic carbocycles. The Bertz CT molecular complexity index is 514. The molecule has 1 aromatic rings. The summed E-state index contributed by atoms with van der Waals surface area (Å²) in [5.74, 6) is 1.71. The van der Waals surface area contributed by atoms with Crippen LogP contribution in [-0.2, 0) is 0 Å². The molecule has 0 amide bonds. The average molecular weight is 261 g/mol. The normalized spacial score (nSPS) is 35.5. The number of fused-ring (bicyclic) bond motifs is 2. The van der Waals surface area contributed by atoms with Gasteiger partial charge in [-0.25, -0.2) is 0 Å². The van der Waals surface area contributed by atoms with Gasteiger partial charge in [-0.2, -0.15) is 4.98 Å². The first-order valence-corrected chi connectivity index (χ1v) is 7.03. The quantitative estimate of drug-likeness (QED) is 0.858. The van der Waals surface area contributed by atoms with Crippen molar-refractivity contribution in [2.24, 2.45) is 16.7 Å². The van der Waals surface area contributed by atoms with E-state index in [1.165, 1.54) is 12.8 Å². The topological polar surface area (TPSA) is 74.2 Å². The molecule has 4 heteroatoms. The van der Waals surface area contributed by atoms with Gasteiger partial charge in [0.25, 0.3) is 0 Å². The maximum absolute atomic E-state index is 6.14. The third-order valence-corrected chi connectivity index (χ3v) is 5.91. The van der Waals surface area contributed by atoms with Gasteiger partial charge < -0.3 is 16.2 Å². The first-order chi connectivity index (χ1) is 8.84. The molecule has 3 atom stereocenters. The first-order valence-electron chi connectivity index (χ1n) is 7.03. The number of nitrogen functional groups attached to an aromatic ring is 2. The Hall–Kier alpha value is -1.45. The lowest BCUT2D eigenvalue weighted by Gasteiger charge is -2.38. The van der Waals surface area contributed by atoms with E-state index in [4.69, 9.17) is 16.2 Å². The van der Waals surface area contributed by atoms with Crippen LogP contribution in [0.4, 0.5) is 11.5 Å². The van der Waals surface area contributed by atoms with Gasteiger partial charge in [0.1, 0.15) is 6.10 Å². The Morgan fingerprint density at radius 2 is 2.00 bits per heavy atom. The van der Waals surface area contributed by atoms with Crippen LogP contribution in [0.25, 0.3) is 0 Å². The van der Waals surface area contributed by atoms with E-state index in [1.807, 2.05) is 6.07 Å². The molecule has 0 aromatic carbocycles. The summed E-state index contributed by atoms with van der Waals surface area (Å²) in [5, 5.41) is 0. The first kappa shape index (κ1) is 12.6. The van der Waals surface area contributed by atoms with Crippen LogP contribution in [0.5, 0.6) is 5.88 Å². The summed E-state index contributed by atoms with van der Waals surface area (Å²) in [4.78, 5) is 4.23. The summed E-state index contributed by atoms with van der Waals surface area (Å²) in [5.41, 5.74) is 12.5. The molecular formula is C15H23N3O. The molecule has 4 N–H and O–H groups in total. The van der Waals surface area contributed by atoms with Crippen molar-refractivity contribution < 1.29 is 4.74 Å². The number of pyridine rings is 1. The van der Waals surface area contributed by atoms with Gasteiger partial charge in [-0.05, 0) is 36.7 Å². The summed E-state index contributed by atoms with van der Waals surface area (Å²) in [6.07, 6.45) is 3.91. The van der Waals surface area contributed by atoms with Crippen molar-refractivity contribution in [3.05, 3.63) is 12.1 Å². The number of aromatic nitrogens is 1. The molecule has 0 aliphatic heterocycles. The van der Waals surface area contributed by atoms with Gasteiger partial charge in [0, 0.05) is 11.5 Å². The van der Waals surface area contributed by atoms with Crippen molar-refractivity contribution in [2.75, 3.05) is 11.5 Å². The van der Waals surface area contributed by atoms with Gasteiger partial charge in [0.05, 0.1) is 5.69 Å². The maximum atomic E-state index is 6.14. The van der Waals surface area contributed by atoms with Crippen LogP contribution in [0, 0.1) is 16.7 Å². The molecule has 2 saturated carbocycles. The highest BCUT2D eigenvalue weighted by Gasteiger charge is 2.62. The van der Waals surface area contributed by atoms with E-state index in [9.17, 15) is 0 Å². The molecule has 3 unspecified atom stereocenters. The molecule has 3 rings (SSSR count). The van der Waals surface area contributed by atoms with E-state index in [1.54, 1.807) is 6.07 Å². The van der Waals surface area contributed by atoms with Crippen LogP contribution >= 0.6 is 0 Å². The van der Waals surface area contributed by atoms with Gasteiger partial charge >= 0.3 is 0 Å². The lowest BCUT2D eigenvalue weighted by molar-refractivity contribution is 0.0274. The molecule has 1 heterocycles. The van der Waals surface area contributed by atoms with Gasteiger partial charge in [-0.15, -0.1) is 0 Å². The lowest BCUT2D eigenvalue weighted by atomic mass is 9.70. The van der Waals surface area contributed by atoms with E-state index < -0.39 is 0 Å². The van der Waals surface area contributed by atoms with Gasteiger partial charge in [0.15, 0.2) is 5.82 Å². The van der Waals surface area contributed by atoms with Gasteiger partial charge in [-0.1, -0.05) is 20.8 Å². The average Bonchev–Trinajstić information content (AvgIpc) is 2.67. The summed E-state index contributed by atoms with van der Waals surface area (Å²) in [6.45, 7) is 7.10. The minimum absolute atomic E-state index is 0.232. The zero-order valence-electron chi connectivity index (χ0n) is 11.9. The molecule has 0 radical (unpaired) electrons. The summed E-state index contributed by atoms with van der Waals surface area (Å²) in [7, 11) is 0. The smallest absolute Gasteiger partial charge is 0.215 e. The second kappa shape index (κ2) is 3.78. The Labute approximate surface area is 114 Å². The van der Waals surface area contributed by atoms with E-state index >= 15 is 0 Å². The molecule has 104 valence electrons. The van der Waals surface area contributed by atoms with Crippen LogP contribution < -0.4 is 16.2 Å². The van der Waals surface area contributed by atoms with E-state index in [0.29, 0.717) is 22.8 Å². The summed E-state index contributed by atoms with van der Waals surface area (Å²) >= 11 is 0. The second-order valence-electron chi connectivity index (χ2n) is 6.84. The van der Waals surface area contributed by atoms with Crippen molar-refractivity contribution >= 4 is 11.5 Å². The Balaban J connectivity index is 1.84. The Kier molecular flexibility index (Phi) is 2.50. The molecular weight excluding hydrogens is 238 g/mol. The summed E-state index contributed by atoms with van der Waals surface area (Å²) in [6, 6.07) is 3.58. The molecule has 2 bridgehead atoms. The third-order valence-electron chi connectivity index (χ3n) is 5.91. The third kappa shape index (κ3) is 1.62. The van der Waals surface area contributed by atoms with Crippen LogP contribution in [0.3, 0.4) is 0 Å². The highest BCUT2D eigenvalue weighted by atomic mass is 16.5. The number of anilines is 2. The van der Waals surface area contributed by atoms with Crippen LogP contribution in [0.15, 0.2) is 12.1 Å². The highest BCUT2D eigenvalue weighted by molar-refractivity contribution is 5.58. The highest BCUT2D eigenvalue weighted by Crippen LogP contribution is 2.66. The molecule has 2 aliphatic rings. The van der Waals surface area contributed by atoms with Crippen molar-refractivity contribution in [3.63, 3.8) is 0 Å².